The summed E-state index contributed by atoms with van der Waals surface area (Å²) in [7, 11) is 0. The van der Waals surface area contributed by atoms with E-state index in [1.54, 1.807) is 78.9 Å². The lowest BCUT2D eigenvalue weighted by molar-refractivity contribution is -0.385. The Bertz CT molecular complexity index is 4980. The first kappa shape index (κ1) is 127. The third kappa shape index (κ3) is 48.1. The molecular weight excluding hydrogens is 1770 g/mol. The van der Waals surface area contributed by atoms with E-state index in [4.69, 9.17) is 25.0 Å². The van der Waals surface area contributed by atoms with Crippen LogP contribution in [-0.2, 0) is 0 Å². The fraction of sp³-hybridized carbons (Fsp3) is 0.618. The van der Waals surface area contributed by atoms with Crippen LogP contribution in [0.3, 0.4) is 0 Å². The fourth-order valence-corrected chi connectivity index (χ4v) is 15.7. The van der Waals surface area contributed by atoms with E-state index < -0.39 is 0 Å². The molecule has 0 aliphatic heterocycles. The molecule has 0 saturated heterocycles. The quantitative estimate of drug-likeness (QED) is 0.0149. The Morgan fingerprint density at radius 3 is 0.679 bits per heavy atom. The maximum atomic E-state index is 10.9. The lowest BCUT2D eigenvalue weighted by Crippen LogP contribution is -2.44. The molecule has 6 rings (SSSR count). The molecule has 0 amide bonds. The number of nitro benzene ring substituents is 6. The van der Waals surface area contributed by atoms with Gasteiger partial charge < -0.3 is 29.4 Å². The SMILES string of the molecule is CC(=Nc1ccc([N+](=O)[O-])cc1C)N(CC(C)C)CC(C)C.CCC(=Nc1ccc([N+](=O)[O-])cc1C)N(CC(C)C)CC(C)C.CCCC(=Nc1ccc([N+](=O)[O-])cc1C)N(CC(C)C)CC(C)C.CCCCC(=Nc1ccc([N+](=O)[O-])cc1C)N(CC(C)C)CC(C)C.Cc1cc([N+](=O)[O-])ccc1N=C(C(C)C)N(C(C)C)C(C)C.Cc1cc([N+](=O)[O-])ccc1N=C(C(C)C)N(CC(C)C)CC(C)C. The predicted octanol–water partition coefficient (Wildman–Crippen LogP) is 30.5. The second-order valence-electron chi connectivity index (χ2n) is 42.1. The number of aliphatic imine (C=N–C) groups is 6. The first-order valence-electron chi connectivity index (χ1n) is 50.7. The Labute approximate surface area is 841 Å². The molecule has 30 nitrogen and oxygen atoms in total. The van der Waals surface area contributed by atoms with Crippen molar-refractivity contribution >= 4 is 103 Å². The van der Waals surface area contributed by atoms with Crippen molar-refractivity contribution in [2.24, 2.45) is 101 Å². The number of hydrogen-bond acceptors (Lipinski definition) is 18. The van der Waals surface area contributed by atoms with Gasteiger partial charge in [0.15, 0.2) is 0 Å². The van der Waals surface area contributed by atoms with Gasteiger partial charge in [-0.15, -0.1) is 0 Å². The standard InChI is InChI=1S/C20H33N3O2.2C19H31N3O2.C18H29N3O2.2C17H27N3O2/c1-7-8-9-20(22(13-15(2)3)14-16(4)5)21-19-11-10-18(23(24)25)12-17(19)6;1-13(2)11-21(12-14(3)4)19(15(5)6)20-18-9-8-17(22(23)24)10-16(18)7;1-7-8-19(21(12-14(2)3)13-15(4)5)20-18-10-9-17(22(23)24)11-16(18)6;1-7-18(20(11-13(2)3)12-14(4)5)19-17-9-8-16(21(22)23)10-15(17)6;1-11(2)17(19(12(3)4)13(5)6)18-16-9-8-15(20(21)22)10-14(16)7;1-12(2)10-19(11-13(3)4)15(6)18-17-8-7-16(20(21)22)9-14(17)5/h10-12,15-16H,7-9,13-14H2,1-6H3;8-10,13-15H,11-12H2,1-7H3;9-11,14-15H,7-8,12-13H2,1-6H3;8-10,13-14H,7,11-12H2,1-6H3;8-13H,1-7H3;7-9,12-13H,10-11H2,1-6H3. The molecule has 0 saturated carbocycles. The zero-order chi connectivity index (χ0) is 107. The minimum absolute atomic E-state index is 0.104. The van der Waals surface area contributed by atoms with E-state index in [-0.39, 0.29) is 75.5 Å². The largest absolute Gasteiger partial charge is 0.360 e. The number of non-ortho nitro benzene ring substituents is 6. The molecule has 780 valence electrons. The molecule has 0 aromatic heterocycles. The third-order valence-corrected chi connectivity index (χ3v) is 21.5. The van der Waals surface area contributed by atoms with Gasteiger partial charge in [-0.2, -0.15) is 0 Å². The zero-order valence-corrected chi connectivity index (χ0v) is 92.7. The number of aryl methyl sites for hydroxylation is 6. The average molecular weight is 1940 g/mol. The van der Waals surface area contributed by atoms with Gasteiger partial charge in [-0.3, -0.25) is 60.7 Å². The van der Waals surface area contributed by atoms with Crippen LogP contribution in [0.25, 0.3) is 0 Å². The Morgan fingerprint density at radius 2 is 0.471 bits per heavy atom. The van der Waals surface area contributed by atoms with Gasteiger partial charge in [0, 0.05) is 181 Å². The molecule has 0 spiro atoms. The van der Waals surface area contributed by atoms with Crippen LogP contribution in [0.15, 0.2) is 139 Å². The lowest BCUT2D eigenvalue weighted by atomic mass is 10.1. The van der Waals surface area contributed by atoms with E-state index in [9.17, 15) is 60.7 Å². The van der Waals surface area contributed by atoms with Crippen LogP contribution in [0, 0.1) is 173 Å². The van der Waals surface area contributed by atoms with E-state index in [1.807, 2.05) is 48.5 Å². The number of benzene rings is 6. The van der Waals surface area contributed by atoms with Crippen molar-refractivity contribution in [3.63, 3.8) is 0 Å². The maximum Gasteiger partial charge on any atom is 0.269 e. The van der Waals surface area contributed by atoms with Gasteiger partial charge in [0.1, 0.15) is 35.0 Å². The van der Waals surface area contributed by atoms with Crippen LogP contribution < -0.4 is 0 Å². The Balaban J connectivity index is 0.000000840. The molecule has 0 unspecified atom stereocenters. The van der Waals surface area contributed by atoms with Crippen molar-refractivity contribution in [1.82, 2.24) is 29.4 Å². The van der Waals surface area contributed by atoms with Crippen LogP contribution in [0.4, 0.5) is 68.2 Å². The van der Waals surface area contributed by atoms with Crippen molar-refractivity contribution in [3.8, 4) is 0 Å². The van der Waals surface area contributed by atoms with Crippen LogP contribution in [-0.4, -0.2) is 171 Å². The predicted molar refractivity (Wildman–Crippen MR) is 588 cm³/mol. The number of nitro groups is 6. The zero-order valence-electron chi connectivity index (χ0n) is 92.7. The molecule has 0 aliphatic rings. The number of unbranched alkanes of at least 4 members (excludes halogenated alkanes) is 1. The Hall–Kier alpha value is -11.5. The summed E-state index contributed by atoms with van der Waals surface area (Å²) in [5.74, 6) is 12.4. The van der Waals surface area contributed by atoms with Crippen LogP contribution in [0.2, 0.25) is 0 Å². The molecule has 0 atom stereocenters. The van der Waals surface area contributed by atoms with Crippen molar-refractivity contribution in [2.75, 3.05) is 65.4 Å². The first-order valence-corrected chi connectivity index (χ1v) is 50.7. The number of nitrogens with zero attached hydrogens (tertiary/aromatic N) is 18. The summed E-state index contributed by atoms with van der Waals surface area (Å²) in [6.07, 6.45) is 5.93. The normalized spacial score (nSPS) is 12.2. The minimum Gasteiger partial charge on any atom is -0.360 e. The van der Waals surface area contributed by atoms with E-state index in [0.717, 1.165) is 206 Å². The average Bonchev–Trinajstić information content (AvgIpc) is 0.930. The van der Waals surface area contributed by atoms with E-state index in [0.29, 0.717) is 71.3 Å². The van der Waals surface area contributed by atoms with Gasteiger partial charge in [0.05, 0.1) is 63.7 Å². The highest BCUT2D eigenvalue weighted by molar-refractivity contribution is 5.90. The van der Waals surface area contributed by atoms with Crippen molar-refractivity contribution in [1.29, 1.82) is 0 Å². The van der Waals surface area contributed by atoms with Gasteiger partial charge in [-0.25, -0.2) is 30.0 Å². The van der Waals surface area contributed by atoms with Gasteiger partial charge in [-0.1, -0.05) is 193 Å². The third-order valence-electron chi connectivity index (χ3n) is 21.5. The summed E-state index contributed by atoms with van der Waals surface area (Å²) in [5.41, 5.74) is 10.5. The molecule has 0 fully saturated rings. The van der Waals surface area contributed by atoms with Gasteiger partial charge >= 0.3 is 0 Å². The smallest absolute Gasteiger partial charge is 0.269 e. The van der Waals surface area contributed by atoms with Crippen LogP contribution in [0.5, 0.6) is 0 Å². The molecule has 0 N–H and O–H groups in total. The summed E-state index contributed by atoms with van der Waals surface area (Å²) in [6, 6.07) is 29.8. The van der Waals surface area contributed by atoms with Crippen molar-refractivity contribution in [3.05, 3.63) is 203 Å². The first-order chi connectivity index (χ1) is 65.2. The van der Waals surface area contributed by atoms with Gasteiger partial charge in [0.2, 0.25) is 0 Å². The van der Waals surface area contributed by atoms with Crippen LogP contribution in [0.1, 0.15) is 293 Å². The molecule has 0 radical (unpaired) electrons. The second-order valence-corrected chi connectivity index (χ2v) is 42.1. The highest BCUT2D eigenvalue weighted by Crippen LogP contribution is 2.33. The summed E-state index contributed by atoms with van der Waals surface area (Å²) in [6.45, 7) is 90.7. The second kappa shape index (κ2) is 64.1. The van der Waals surface area contributed by atoms with E-state index in [2.05, 4.69) is 249 Å². The molecule has 0 heterocycles. The monoisotopic (exact) mass is 1940 g/mol. The molecule has 6 aromatic rings. The topological polar surface area (TPSA) is 352 Å². The van der Waals surface area contributed by atoms with Crippen LogP contribution >= 0.6 is 0 Å². The number of hydrogen-bond donors (Lipinski definition) is 0. The molecule has 6 aromatic carbocycles. The van der Waals surface area contributed by atoms with E-state index in [1.165, 1.54) is 30.3 Å². The summed E-state index contributed by atoms with van der Waals surface area (Å²) in [4.78, 5) is 106. The Morgan fingerprint density at radius 1 is 0.264 bits per heavy atom. The lowest BCUT2D eigenvalue weighted by Gasteiger charge is -2.36. The maximum absolute atomic E-state index is 10.9. The summed E-state index contributed by atoms with van der Waals surface area (Å²) >= 11 is 0. The number of rotatable bonds is 42. The highest BCUT2D eigenvalue weighted by Gasteiger charge is 2.26. The van der Waals surface area contributed by atoms with Crippen molar-refractivity contribution in [2.45, 2.75) is 314 Å². The Kier molecular flexibility index (Phi) is 57.9. The molecule has 0 bridgehead atoms. The van der Waals surface area contributed by atoms with E-state index >= 15 is 0 Å². The highest BCUT2D eigenvalue weighted by atomic mass is 16.6. The molecule has 0 aliphatic carbocycles. The van der Waals surface area contributed by atoms with Gasteiger partial charge in [0.25, 0.3) is 34.1 Å². The summed E-state index contributed by atoms with van der Waals surface area (Å²) in [5, 5.41) is 65.2. The molecule has 30 heteroatoms. The van der Waals surface area contributed by atoms with Gasteiger partial charge in [-0.05, 0) is 218 Å². The number of amidine groups is 6. The minimum atomic E-state index is -0.378. The fourth-order valence-electron chi connectivity index (χ4n) is 15.7. The summed E-state index contributed by atoms with van der Waals surface area (Å²) < 4.78 is 0. The molecule has 140 heavy (non-hydrogen) atoms. The van der Waals surface area contributed by atoms with Crippen molar-refractivity contribution < 1.29 is 29.5 Å². The molecular formula is C110H178N18O12.